The maximum Gasteiger partial charge on any atom is 0.248 e. The van der Waals surface area contributed by atoms with Gasteiger partial charge in [0, 0.05) is 5.56 Å². The monoisotopic (exact) mass is 311 g/mol. The summed E-state index contributed by atoms with van der Waals surface area (Å²) in [4.78, 5) is 11.8. The Morgan fingerprint density at radius 2 is 1.96 bits per heavy atom. The summed E-state index contributed by atoms with van der Waals surface area (Å²) in [7, 11) is 1.68. The van der Waals surface area contributed by atoms with Crippen molar-refractivity contribution in [2.45, 2.75) is 38.5 Å². The molecule has 1 amide bonds. The molecule has 0 saturated carbocycles. The van der Waals surface area contributed by atoms with Gasteiger partial charge in [-0.1, -0.05) is 50.1 Å². The summed E-state index contributed by atoms with van der Waals surface area (Å²) in [5.74, 6) is 0.790. The van der Waals surface area contributed by atoms with Gasteiger partial charge in [-0.25, -0.2) is 0 Å². The zero-order chi connectivity index (χ0) is 16.7. The van der Waals surface area contributed by atoms with Crippen LogP contribution in [-0.4, -0.2) is 13.0 Å². The minimum absolute atomic E-state index is 0.283. The van der Waals surface area contributed by atoms with Crippen LogP contribution in [0.25, 0.3) is 0 Å². The lowest BCUT2D eigenvalue weighted by Crippen LogP contribution is -2.16. The van der Waals surface area contributed by atoms with Crippen molar-refractivity contribution in [2.75, 3.05) is 7.11 Å². The summed E-state index contributed by atoms with van der Waals surface area (Å²) in [6, 6.07) is 15.8. The number of methoxy groups -OCH3 is 1. The predicted molar refractivity (Wildman–Crippen MR) is 93.9 cm³/mol. The molecule has 2 aromatic rings. The second kappa shape index (κ2) is 8.37. The van der Waals surface area contributed by atoms with Gasteiger partial charge in [0.2, 0.25) is 5.91 Å². The Morgan fingerprint density at radius 1 is 1.17 bits per heavy atom. The van der Waals surface area contributed by atoms with Crippen LogP contribution in [0, 0.1) is 0 Å². The predicted octanol–water partition coefficient (Wildman–Crippen LogP) is 4.31. The number of hydrogen-bond donors (Lipinski definition) is 1. The van der Waals surface area contributed by atoms with Crippen LogP contribution in [0.1, 0.15) is 53.6 Å². The van der Waals surface area contributed by atoms with Gasteiger partial charge >= 0.3 is 0 Å². The lowest BCUT2D eigenvalue weighted by Gasteiger charge is -2.20. The molecule has 0 spiro atoms. The third kappa shape index (κ3) is 4.59. The first-order valence-electron chi connectivity index (χ1n) is 8.17. The highest BCUT2D eigenvalue weighted by molar-refractivity contribution is 5.94. The zero-order valence-corrected chi connectivity index (χ0v) is 13.9. The molecule has 0 aliphatic rings. The van der Waals surface area contributed by atoms with Crippen LogP contribution in [0.2, 0.25) is 0 Å². The van der Waals surface area contributed by atoms with Crippen molar-refractivity contribution < 1.29 is 9.53 Å². The highest BCUT2D eigenvalue weighted by Gasteiger charge is 2.18. The average molecular weight is 311 g/mol. The quantitative estimate of drug-likeness (QED) is 0.789. The van der Waals surface area contributed by atoms with Gasteiger partial charge in [-0.2, -0.15) is 0 Å². The largest absolute Gasteiger partial charge is 0.497 e. The van der Waals surface area contributed by atoms with Crippen LogP contribution in [0.15, 0.2) is 48.5 Å². The van der Waals surface area contributed by atoms with E-state index in [4.69, 9.17) is 10.5 Å². The summed E-state index contributed by atoms with van der Waals surface area (Å²) in [5.41, 5.74) is 8.46. The maximum absolute atomic E-state index is 11.8. The second-order valence-electron chi connectivity index (χ2n) is 5.85. The minimum Gasteiger partial charge on any atom is -0.497 e. The molecule has 0 bridgehead atoms. The van der Waals surface area contributed by atoms with E-state index in [1.54, 1.807) is 7.11 Å². The number of carbonyl (C=O) groups is 1. The lowest BCUT2D eigenvalue weighted by atomic mass is 9.85. The van der Waals surface area contributed by atoms with E-state index in [9.17, 15) is 4.79 Å². The molecule has 2 aromatic carbocycles. The molecule has 23 heavy (non-hydrogen) atoms. The van der Waals surface area contributed by atoms with E-state index in [0.29, 0.717) is 5.56 Å². The van der Waals surface area contributed by atoms with Crippen LogP contribution in [0.3, 0.4) is 0 Å². The standard InChI is InChI=1S/C20H25NO2/c1-3-4-9-16(13-15-8-7-10-17(14-15)23-2)18-11-5-6-12-19(18)20(21)22/h5-8,10-12,14,16H,3-4,9,13H2,1-2H3,(H2,21,22). The van der Waals surface area contributed by atoms with Crippen molar-refractivity contribution in [3.05, 3.63) is 65.2 Å². The molecule has 1 atom stereocenters. The highest BCUT2D eigenvalue weighted by atomic mass is 16.5. The van der Waals surface area contributed by atoms with Gasteiger partial charge in [0.25, 0.3) is 0 Å². The topological polar surface area (TPSA) is 52.3 Å². The normalized spacial score (nSPS) is 11.9. The smallest absolute Gasteiger partial charge is 0.248 e. The van der Waals surface area contributed by atoms with Crippen LogP contribution in [0.4, 0.5) is 0 Å². The molecular formula is C20H25NO2. The van der Waals surface area contributed by atoms with E-state index in [1.165, 1.54) is 5.56 Å². The van der Waals surface area contributed by atoms with Crippen molar-refractivity contribution in [3.63, 3.8) is 0 Å². The van der Waals surface area contributed by atoms with E-state index in [0.717, 1.165) is 37.0 Å². The first-order chi connectivity index (χ1) is 11.2. The molecule has 0 saturated heterocycles. The SMILES string of the molecule is CCCCC(Cc1cccc(OC)c1)c1ccccc1C(N)=O. The molecule has 0 radical (unpaired) electrons. The Balaban J connectivity index is 2.31. The van der Waals surface area contributed by atoms with Gasteiger partial charge in [-0.15, -0.1) is 0 Å². The van der Waals surface area contributed by atoms with Gasteiger partial charge in [0.05, 0.1) is 7.11 Å². The number of primary amides is 1. The number of hydrogen-bond acceptors (Lipinski definition) is 2. The second-order valence-corrected chi connectivity index (χ2v) is 5.85. The highest BCUT2D eigenvalue weighted by Crippen LogP contribution is 2.30. The van der Waals surface area contributed by atoms with Crippen LogP contribution >= 0.6 is 0 Å². The van der Waals surface area contributed by atoms with Crippen LogP contribution in [-0.2, 0) is 6.42 Å². The molecule has 2 rings (SSSR count). The fourth-order valence-electron chi connectivity index (χ4n) is 2.98. The molecule has 0 aliphatic heterocycles. The number of nitrogens with two attached hydrogens (primary N) is 1. The Kier molecular flexibility index (Phi) is 6.21. The number of ether oxygens (including phenoxy) is 1. The first-order valence-corrected chi connectivity index (χ1v) is 8.17. The van der Waals surface area contributed by atoms with Crippen molar-refractivity contribution in [3.8, 4) is 5.75 Å². The number of benzene rings is 2. The Bertz CT molecular complexity index is 652. The fourth-order valence-corrected chi connectivity index (χ4v) is 2.98. The third-order valence-electron chi connectivity index (χ3n) is 4.19. The molecule has 0 heterocycles. The number of unbranched alkanes of at least 4 members (excludes halogenated alkanes) is 1. The van der Waals surface area contributed by atoms with Gasteiger partial charge in [0.15, 0.2) is 0 Å². The van der Waals surface area contributed by atoms with Crippen molar-refractivity contribution in [2.24, 2.45) is 5.73 Å². The molecule has 0 fully saturated rings. The summed E-state index contributed by atoms with van der Waals surface area (Å²) in [6.07, 6.45) is 4.18. The van der Waals surface area contributed by atoms with Crippen LogP contribution in [0.5, 0.6) is 5.75 Å². The summed E-state index contributed by atoms with van der Waals surface area (Å²) >= 11 is 0. The number of rotatable bonds is 8. The zero-order valence-electron chi connectivity index (χ0n) is 13.9. The summed E-state index contributed by atoms with van der Waals surface area (Å²) in [6.45, 7) is 2.18. The Labute approximate surface area is 138 Å². The summed E-state index contributed by atoms with van der Waals surface area (Å²) in [5, 5.41) is 0. The fraction of sp³-hybridized carbons (Fsp3) is 0.350. The molecule has 2 N–H and O–H groups in total. The number of amides is 1. The molecule has 122 valence electrons. The van der Waals surface area contributed by atoms with Crippen LogP contribution < -0.4 is 10.5 Å². The van der Waals surface area contributed by atoms with E-state index in [-0.39, 0.29) is 11.8 Å². The van der Waals surface area contributed by atoms with Crippen molar-refractivity contribution in [1.29, 1.82) is 0 Å². The van der Waals surface area contributed by atoms with Gasteiger partial charge < -0.3 is 10.5 Å². The van der Waals surface area contributed by atoms with E-state index >= 15 is 0 Å². The molecule has 3 heteroatoms. The van der Waals surface area contributed by atoms with Gasteiger partial charge in [-0.05, 0) is 48.1 Å². The molecule has 1 unspecified atom stereocenters. The minimum atomic E-state index is -0.354. The Morgan fingerprint density at radius 3 is 2.65 bits per heavy atom. The molecule has 0 aliphatic carbocycles. The Hall–Kier alpha value is -2.29. The average Bonchev–Trinajstić information content (AvgIpc) is 2.58. The first kappa shape index (κ1) is 17.1. The molecule has 0 aromatic heterocycles. The summed E-state index contributed by atoms with van der Waals surface area (Å²) < 4.78 is 5.31. The van der Waals surface area contributed by atoms with Gasteiger partial charge in [-0.3, -0.25) is 4.79 Å². The lowest BCUT2D eigenvalue weighted by molar-refractivity contribution is 0.0999. The van der Waals surface area contributed by atoms with Crippen molar-refractivity contribution >= 4 is 5.91 Å². The third-order valence-corrected chi connectivity index (χ3v) is 4.19. The van der Waals surface area contributed by atoms with Crippen molar-refractivity contribution in [1.82, 2.24) is 0 Å². The van der Waals surface area contributed by atoms with E-state index in [1.807, 2.05) is 36.4 Å². The van der Waals surface area contributed by atoms with E-state index < -0.39 is 0 Å². The molecular weight excluding hydrogens is 286 g/mol. The van der Waals surface area contributed by atoms with Gasteiger partial charge in [0.1, 0.15) is 5.75 Å². The number of carbonyl (C=O) groups excluding carboxylic acids is 1. The van der Waals surface area contributed by atoms with E-state index in [2.05, 4.69) is 19.1 Å². The molecule has 3 nitrogen and oxygen atoms in total. The maximum atomic E-state index is 11.8.